The van der Waals surface area contributed by atoms with Crippen LogP contribution in [0.1, 0.15) is 16.1 Å². The third kappa shape index (κ3) is 4.07. The number of rotatable bonds is 6. The van der Waals surface area contributed by atoms with Gasteiger partial charge in [-0.15, -0.1) is 0 Å². The molecule has 1 aliphatic heterocycles. The zero-order valence-electron chi connectivity index (χ0n) is 20.7. The summed E-state index contributed by atoms with van der Waals surface area (Å²) in [6, 6.07) is 2.05. The Morgan fingerprint density at radius 2 is 1.92 bits per heavy atom. The maximum absolute atomic E-state index is 12.4. The summed E-state index contributed by atoms with van der Waals surface area (Å²) in [7, 11) is 5.16. The van der Waals surface area contributed by atoms with E-state index in [1.165, 1.54) is 19.5 Å². The number of benzene rings is 1. The number of methoxy groups -OCH3 is 1. The highest BCUT2D eigenvalue weighted by Gasteiger charge is 2.26. The number of carbonyl (C=O) groups excluding carboxylic acids is 1. The van der Waals surface area contributed by atoms with Crippen molar-refractivity contribution in [1.82, 2.24) is 24.5 Å². The van der Waals surface area contributed by atoms with E-state index < -0.39 is 5.97 Å². The normalized spacial score (nSPS) is 13.6. The molecule has 0 bridgehead atoms. The maximum atomic E-state index is 12.4. The number of ether oxygens (including phenoxy) is 2. The van der Waals surface area contributed by atoms with Crippen molar-refractivity contribution < 1.29 is 14.3 Å². The van der Waals surface area contributed by atoms with E-state index >= 15 is 0 Å². The number of morpholine rings is 1. The van der Waals surface area contributed by atoms with Crippen LogP contribution >= 0.6 is 0 Å². The van der Waals surface area contributed by atoms with Gasteiger partial charge in [0.1, 0.15) is 0 Å². The third-order valence-electron chi connectivity index (χ3n) is 6.31. The van der Waals surface area contributed by atoms with Crippen molar-refractivity contribution in [3.05, 3.63) is 48.4 Å². The number of imidazole rings is 1. The number of fused-ring (bicyclic) bond motifs is 1. The highest BCUT2D eigenvalue weighted by atomic mass is 16.5. The van der Waals surface area contributed by atoms with Gasteiger partial charge >= 0.3 is 5.97 Å². The van der Waals surface area contributed by atoms with Crippen molar-refractivity contribution in [2.45, 2.75) is 6.92 Å². The predicted octanol–water partition coefficient (Wildman–Crippen LogP) is 3.14. The number of aromatic nitrogens is 5. The number of carbonyl (C=O) groups is 1. The first-order chi connectivity index (χ1) is 17.5. The Bertz CT molecular complexity index is 1430. The van der Waals surface area contributed by atoms with E-state index in [1.807, 2.05) is 24.9 Å². The first-order valence-corrected chi connectivity index (χ1v) is 11.6. The summed E-state index contributed by atoms with van der Waals surface area (Å²) in [5, 5.41) is 6.79. The van der Waals surface area contributed by atoms with Crippen LogP contribution in [0.5, 0.6) is 0 Å². The second kappa shape index (κ2) is 9.78. The Morgan fingerprint density at radius 1 is 1.14 bits per heavy atom. The van der Waals surface area contributed by atoms with Crippen LogP contribution in [0.2, 0.25) is 0 Å². The SMILES string of the molecule is CNc1c(-c2cncc3c2ncn3C)c(Nc2nccnc2C(=O)OC)cc(C)c1N1CCOCC1. The highest BCUT2D eigenvalue weighted by molar-refractivity contribution is 6.05. The fourth-order valence-corrected chi connectivity index (χ4v) is 4.65. The van der Waals surface area contributed by atoms with Crippen LogP contribution in [0.4, 0.5) is 22.9 Å². The molecule has 36 heavy (non-hydrogen) atoms. The Hall–Kier alpha value is -4.25. The average molecular weight is 489 g/mol. The molecule has 0 amide bonds. The fraction of sp³-hybridized carbons (Fsp3) is 0.320. The predicted molar refractivity (Wildman–Crippen MR) is 138 cm³/mol. The Kier molecular flexibility index (Phi) is 6.38. The van der Waals surface area contributed by atoms with Crippen molar-refractivity contribution in [2.75, 3.05) is 56.0 Å². The summed E-state index contributed by atoms with van der Waals surface area (Å²) in [4.78, 5) is 32.5. The number of hydrogen-bond donors (Lipinski definition) is 2. The summed E-state index contributed by atoms with van der Waals surface area (Å²) < 4.78 is 12.5. The molecule has 1 aromatic carbocycles. The lowest BCUT2D eigenvalue weighted by Gasteiger charge is -2.33. The quantitative estimate of drug-likeness (QED) is 0.392. The third-order valence-corrected chi connectivity index (χ3v) is 6.31. The molecule has 1 fully saturated rings. The van der Waals surface area contributed by atoms with Gasteiger partial charge in [0, 0.05) is 56.9 Å². The largest absolute Gasteiger partial charge is 0.464 e. The van der Waals surface area contributed by atoms with Crippen LogP contribution in [0.25, 0.3) is 22.2 Å². The number of anilines is 4. The van der Waals surface area contributed by atoms with Gasteiger partial charge < -0.3 is 29.6 Å². The first kappa shape index (κ1) is 23.5. The lowest BCUT2D eigenvalue weighted by atomic mass is 9.96. The first-order valence-electron chi connectivity index (χ1n) is 11.6. The molecule has 4 aromatic rings. The van der Waals surface area contributed by atoms with Crippen molar-refractivity contribution in [3.8, 4) is 11.1 Å². The van der Waals surface area contributed by atoms with Crippen molar-refractivity contribution >= 4 is 39.9 Å². The lowest BCUT2D eigenvalue weighted by molar-refractivity contribution is 0.0595. The van der Waals surface area contributed by atoms with E-state index in [2.05, 4.69) is 48.5 Å². The minimum absolute atomic E-state index is 0.0982. The molecular weight excluding hydrogens is 460 g/mol. The molecule has 186 valence electrons. The summed E-state index contributed by atoms with van der Waals surface area (Å²) in [6.07, 6.45) is 8.38. The second-order valence-electron chi connectivity index (χ2n) is 8.47. The molecule has 11 heteroatoms. The lowest BCUT2D eigenvalue weighted by Crippen LogP contribution is -2.37. The molecule has 3 aromatic heterocycles. The van der Waals surface area contributed by atoms with Crippen LogP contribution in [0.3, 0.4) is 0 Å². The number of hydrogen-bond acceptors (Lipinski definition) is 10. The number of pyridine rings is 1. The summed E-state index contributed by atoms with van der Waals surface area (Å²) in [5.41, 5.74) is 7.32. The van der Waals surface area contributed by atoms with Gasteiger partial charge in [-0.3, -0.25) is 4.98 Å². The molecule has 2 N–H and O–H groups in total. The smallest absolute Gasteiger partial charge is 0.360 e. The molecule has 0 spiro atoms. The van der Waals surface area contributed by atoms with E-state index in [0.717, 1.165) is 57.9 Å². The summed E-state index contributed by atoms with van der Waals surface area (Å²) >= 11 is 0. The number of nitrogens with one attached hydrogen (secondary N) is 2. The van der Waals surface area contributed by atoms with Gasteiger partial charge in [0.25, 0.3) is 0 Å². The van der Waals surface area contributed by atoms with Crippen molar-refractivity contribution in [3.63, 3.8) is 0 Å². The molecule has 1 aliphatic rings. The van der Waals surface area contributed by atoms with Gasteiger partial charge in [-0.25, -0.2) is 19.7 Å². The van der Waals surface area contributed by atoms with E-state index in [1.54, 1.807) is 12.5 Å². The van der Waals surface area contributed by atoms with Gasteiger partial charge in [0.05, 0.1) is 60.9 Å². The Balaban J connectivity index is 1.77. The minimum atomic E-state index is -0.573. The van der Waals surface area contributed by atoms with Crippen molar-refractivity contribution in [1.29, 1.82) is 0 Å². The average Bonchev–Trinajstić information content (AvgIpc) is 3.29. The molecule has 0 atom stereocenters. The zero-order valence-corrected chi connectivity index (χ0v) is 20.7. The minimum Gasteiger partial charge on any atom is -0.464 e. The van der Waals surface area contributed by atoms with E-state index in [9.17, 15) is 4.79 Å². The van der Waals surface area contributed by atoms with Crippen molar-refractivity contribution in [2.24, 2.45) is 7.05 Å². The fourth-order valence-electron chi connectivity index (χ4n) is 4.65. The van der Waals surface area contributed by atoms with E-state index in [0.29, 0.717) is 19.0 Å². The molecule has 0 radical (unpaired) electrons. The second-order valence-corrected chi connectivity index (χ2v) is 8.47. The molecule has 11 nitrogen and oxygen atoms in total. The van der Waals surface area contributed by atoms with Crippen LogP contribution in [-0.2, 0) is 16.5 Å². The Morgan fingerprint density at radius 3 is 2.67 bits per heavy atom. The zero-order chi connectivity index (χ0) is 25.2. The Labute approximate surface area is 208 Å². The van der Waals surface area contributed by atoms with Gasteiger partial charge in [-0.2, -0.15) is 0 Å². The van der Waals surface area contributed by atoms with E-state index in [-0.39, 0.29) is 5.69 Å². The van der Waals surface area contributed by atoms with Crippen LogP contribution in [0, 0.1) is 6.92 Å². The highest BCUT2D eigenvalue weighted by Crippen LogP contribution is 2.46. The topological polar surface area (TPSA) is 119 Å². The van der Waals surface area contributed by atoms with Gasteiger partial charge in [0.2, 0.25) is 0 Å². The number of nitrogens with zero attached hydrogens (tertiary/aromatic N) is 6. The summed E-state index contributed by atoms with van der Waals surface area (Å²) in [6.45, 7) is 4.96. The van der Waals surface area contributed by atoms with Gasteiger partial charge in [0.15, 0.2) is 11.5 Å². The van der Waals surface area contributed by atoms with Crippen LogP contribution in [0.15, 0.2) is 37.2 Å². The molecule has 1 saturated heterocycles. The molecule has 4 heterocycles. The number of aryl methyl sites for hydroxylation is 2. The van der Waals surface area contributed by atoms with Gasteiger partial charge in [-0.05, 0) is 18.6 Å². The summed E-state index contributed by atoms with van der Waals surface area (Å²) in [5.74, 6) is -0.275. The molecule has 0 saturated carbocycles. The molecular formula is C25H28N8O3. The standard InChI is InChI=1S/C25H28N8O3/c1-15-11-17(31-24-22(25(34)35-4)28-5-6-29-24)19(16-12-27-13-18-20(16)30-14-32(18)3)21(26-2)23(15)33-7-9-36-10-8-33/h5-6,11-14,26H,7-10H2,1-4H3,(H,29,31). The number of esters is 1. The maximum Gasteiger partial charge on any atom is 0.360 e. The van der Waals surface area contributed by atoms with Crippen LogP contribution < -0.4 is 15.5 Å². The molecule has 0 aliphatic carbocycles. The van der Waals surface area contributed by atoms with E-state index in [4.69, 9.17) is 9.47 Å². The van der Waals surface area contributed by atoms with Crippen LogP contribution in [-0.4, -0.2) is 70.9 Å². The molecule has 0 unspecified atom stereocenters. The molecule has 5 rings (SSSR count). The monoisotopic (exact) mass is 488 g/mol. The van der Waals surface area contributed by atoms with Gasteiger partial charge in [-0.1, -0.05) is 0 Å².